The Balaban J connectivity index is 0.000000208. The molecule has 3 aliphatic heterocycles. The Morgan fingerprint density at radius 1 is 0.645 bits per heavy atom. The van der Waals surface area contributed by atoms with E-state index >= 15 is 0 Å². The van der Waals surface area contributed by atoms with Gasteiger partial charge in [0.25, 0.3) is 0 Å². The Hall–Kier alpha value is -6.62. The van der Waals surface area contributed by atoms with Gasteiger partial charge in [-0.3, -0.25) is 4.79 Å². The van der Waals surface area contributed by atoms with Gasteiger partial charge in [-0.25, -0.2) is 45.5 Å². The maximum atomic E-state index is 13.7. The molecule has 3 aliphatic rings. The molecule has 3 amide bonds. The number of halogens is 9. The van der Waals surface area contributed by atoms with Crippen molar-refractivity contribution in [1.82, 2.24) is 16.0 Å². The molecular formula is C38H36F9N3O12. The van der Waals surface area contributed by atoms with E-state index in [4.69, 9.17) is 18.9 Å². The molecule has 15 nitrogen and oxygen atoms in total. The fraction of sp³-hybridized carbons (Fsp3) is 0.395. The van der Waals surface area contributed by atoms with E-state index in [0.717, 1.165) is 12.1 Å². The molecule has 0 saturated heterocycles. The minimum absolute atomic E-state index is 0.0355. The van der Waals surface area contributed by atoms with Crippen LogP contribution in [-0.2, 0) is 30.2 Å². The standard InChI is InChI=1S/C14H12F5NO5.C12H11F2NO4.C12H13F2NO3/c1-2-23-13(22)20-9-5-24-10-7(3-6(15)4-8(10)16)11(9)25-12(21)14(17,18)19;1-2-18-12(17)15-9-5-19-11-7(10(9)16)3-6(13)4-8(11)14;1-2-17-12(16)15-9-4-7-3-8(13)5-10(14)11(7)18-6-9/h3-4,9,11H,2,5H2,1H3,(H,20,22);3-4,9H,2,5H2,1H3,(H,15,17);3,5,9H,2,4,6H2,1H3,(H,15,16)/t9-,11?;2*9-/m001/s1. The Bertz CT molecular complexity index is 2140. The number of carbonyl (C=O) groups excluding carboxylic acids is 5. The van der Waals surface area contributed by atoms with Gasteiger partial charge in [-0.2, -0.15) is 13.2 Å². The predicted octanol–water partition coefficient (Wildman–Crippen LogP) is 6.29. The van der Waals surface area contributed by atoms with Gasteiger partial charge in [-0.15, -0.1) is 0 Å². The van der Waals surface area contributed by atoms with Gasteiger partial charge >= 0.3 is 30.4 Å². The van der Waals surface area contributed by atoms with Gasteiger partial charge < -0.3 is 49.1 Å². The van der Waals surface area contributed by atoms with E-state index in [1.54, 1.807) is 13.8 Å². The van der Waals surface area contributed by atoms with Crippen molar-refractivity contribution >= 4 is 30.0 Å². The Morgan fingerprint density at radius 2 is 1.15 bits per heavy atom. The highest BCUT2D eigenvalue weighted by Crippen LogP contribution is 2.39. The molecule has 0 bridgehead atoms. The topological polar surface area (TPSA) is 186 Å². The fourth-order valence-corrected chi connectivity index (χ4v) is 5.80. The summed E-state index contributed by atoms with van der Waals surface area (Å²) in [6.45, 7) is 4.54. The lowest BCUT2D eigenvalue weighted by Crippen LogP contribution is -2.48. The van der Waals surface area contributed by atoms with Crippen molar-refractivity contribution < 1.29 is 96.6 Å². The minimum atomic E-state index is -5.33. The summed E-state index contributed by atoms with van der Waals surface area (Å²) in [5.74, 6) is -9.52. The van der Waals surface area contributed by atoms with E-state index in [1.165, 1.54) is 13.0 Å². The summed E-state index contributed by atoms with van der Waals surface area (Å²) < 4.78 is 151. The highest BCUT2D eigenvalue weighted by atomic mass is 19.4. The molecular weight excluding hydrogens is 861 g/mol. The number of ether oxygens (including phenoxy) is 7. The lowest BCUT2D eigenvalue weighted by atomic mass is 9.98. The molecule has 0 aromatic heterocycles. The van der Waals surface area contributed by atoms with E-state index < -0.39 is 107 Å². The van der Waals surface area contributed by atoms with Gasteiger partial charge in [0.1, 0.15) is 49.4 Å². The van der Waals surface area contributed by atoms with Gasteiger partial charge in [0.15, 0.2) is 46.6 Å². The van der Waals surface area contributed by atoms with Crippen LogP contribution in [0.15, 0.2) is 36.4 Å². The average molecular weight is 898 g/mol. The number of rotatable bonds is 7. The summed E-state index contributed by atoms with van der Waals surface area (Å²) in [6, 6.07) is 1.89. The summed E-state index contributed by atoms with van der Waals surface area (Å²) in [5, 5.41) is 6.97. The van der Waals surface area contributed by atoms with Gasteiger partial charge in [0, 0.05) is 29.3 Å². The molecule has 0 fully saturated rings. The summed E-state index contributed by atoms with van der Waals surface area (Å²) in [5.41, 5.74) is -0.311. The summed E-state index contributed by atoms with van der Waals surface area (Å²) >= 11 is 0. The average Bonchev–Trinajstić information content (AvgIpc) is 3.17. The molecule has 62 heavy (non-hydrogen) atoms. The molecule has 4 atom stereocenters. The zero-order valence-electron chi connectivity index (χ0n) is 32.5. The number of carbonyl (C=O) groups is 5. The molecule has 338 valence electrons. The van der Waals surface area contributed by atoms with Crippen LogP contribution in [0, 0.1) is 34.9 Å². The van der Waals surface area contributed by atoms with Crippen molar-refractivity contribution in [2.24, 2.45) is 0 Å². The zero-order chi connectivity index (χ0) is 45.9. The van der Waals surface area contributed by atoms with Crippen molar-refractivity contribution in [2.75, 3.05) is 39.6 Å². The number of esters is 1. The van der Waals surface area contributed by atoms with Crippen LogP contribution in [0.1, 0.15) is 48.4 Å². The van der Waals surface area contributed by atoms with E-state index in [0.29, 0.717) is 30.2 Å². The van der Waals surface area contributed by atoms with Crippen molar-refractivity contribution in [3.63, 3.8) is 0 Å². The van der Waals surface area contributed by atoms with E-state index in [1.807, 2.05) is 0 Å². The molecule has 0 radical (unpaired) electrons. The number of fused-ring (bicyclic) bond motifs is 3. The Labute approximate surface area is 345 Å². The highest BCUT2D eigenvalue weighted by molar-refractivity contribution is 6.04. The number of hydrogen-bond donors (Lipinski definition) is 3. The lowest BCUT2D eigenvalue weighted by Gasteiger charge is -2.33. The van der Waals surface area contributed by atoms with Crippen molar-refractivity contribution in [3.05, 3.63) is 88.0 Å². The number of amides is 3. The van der Waals surface area contributed by atoms with Crippen LogP contribution >= 0.6 is 0 Å². The van der Waals surface area contributed by atoms with E-state index in [2.05, 4.69) is 30.2 Å². The second kappa shape index (κ2) is 21.3. The number of ketones is 1. The second-order valence-corrected chi connectivity index (χ2v) is 12.7. The Kier molecular flexibility index (Phi) is 16.5. The van der Waals surface area contributed by atoms with Crippen LogP contribution in [-0.4, -0.2) is 94.0 Å². The number of hydrogen-bond acceptors (Lipinski definition) is 12. The van der Waals surface area contributed by atoms with Crippen molar-refractivity contribution in [3.8, 4) is 17.2 Å². The molecule has 1 unspecified atom stereocenters. The molecule has 6 rings (SSSR count). The van der Waals surface area contributed by atoms with Crippen LogP contribution in [0.25, 0.3) is 0 Å². The first-order valence-corrected chi connectivity index (χ1v) is 18.2. The first-order valence-electron chi connectivity index (χ1n) is 18.2. The molecule has 0 spiro atoms. The van der Waals surface area contributed by atoms with Gasteiger partial charge in [-0.05, 0) is 45.4 Å². The quantitative estimate of drug-likeness (QED) is 0.137. The number of alkyl carbamates (subject to hydrolysis) is 3. The SMILES string of the molecule is CCOC(=O)N[C@H]1COc2c(F)cc(F)cc2C1.CCOC(=O)N[C@H]1COc2c(F)cc(F)cc2C1=O.CCOC(=O)N[C@H]1COc2c(F)cc(F)cc2C1OC(=O)C(F)(F)F. The number of nitrogens with one attached hydrogen (secondary N) is 3. The van der Waals surface area contributed by atoms with Gasteiger partial charge in [0.05, 0.1) is 31.4 Å². The summed E-state index contributed by atoms with van der Waals surface area (Å²) in [6.07, 6.45) is -9.23. The number of alkyl halides is 3. The number of benzene rings is 3. The number of Topliss-reactive ketones (excluding diaryl/α,β-unsaturated/α-hetero) is 1. The van der Waals surface area contributed by atoms with Gasteiger partial charge in [0.2, 0.25) is 0 Å². The largest absolute Gasteiger partial charge is 0.490 e. The molecule has 24 heteroatoms. The maximum absolute atomic E-state index is 13.7. The monoisotopic (exact) mass is 897 g/mol. The molecule has 3 heterocycles. The van der Waals surface area contributed by atoms with Crippen molar-refractivity contribution in [1.29, 1.82) is 0 Å². The lowest BCUT2D eigenvalue weighted by molar-refractivity contribution is -0.207. The smallest absolute Gasteiger partial charge is 0.488 e. The van der Waals surface area contributed by atoms with E-state index in [9.17, 15) is 63.5 Å². The first-order chi connectivity index (χ1) is 29.2. The zero-order valence-corrected chi connectivity index (χ0v) is 32.5. The van der Waals surface area contributed by atoms with Crippen molar-refractivity contribution in [2.45, 2.75) is 57.6 Å². The fourth-order valence-electron chi connectivity index (χ4n) is 5.80. The maximum Gasteiger partial charge on any atom is 0.490 e. The van der Waals surface area contributed by atoms with Crippen LogP contribution in [0.2, 0.25) is 0 Å². The highest BCUT2D eigenvalue weighted by Gasteiger charge is 2.46. The second-order valence-electron chi connectivity index (χ2n) is 12.7. The Morgan fingerprint density at radius 3 is 1.74 bits per heavy atom. The van der Waals surface area contributed by atoms with Crippen LogP contribution < -0.4 is 30.2 Å². The summed E-state index contributed by atoms with van der Waals surface area (Å²) in [7, 11) is 0. The third kappa shape index (κ3) is 12.7. The summed E-state index contributed by atoms with van der Waals surface area (Å²) in [4.78, 5) is 57.0. The third-order valence-electron chi connectivity index (χ3n) is 8.29. The van der Waals surface area contributed by atoms with Crippen LogP contribution in [0.5, 0.6) is 17.2 Å². The minimum Gasteiger partial charge on any atom is -0.488 e. The van der Waals surface area contributed by atoms with Crippen LogP contribution in [0.3, 0.4) is 0 Å². The normalized spacial score (nSPS) is 18.3. The van der Waals surface area contributed by atoms with Crippen LogP contribution in [0.4, 0.5) is 53.9 Å². The molecule has 0 saturated carbocycles. The molecule has 3 aromatic rings. The van der Waals surface area contributed by atoms with Gasteiger partial charge in [-0.1, -0.05) is 0 Å². The predicted molar refractivity (Wildman–Crippen MR) is 190 cm³/mol. The molecule has 0 aliphatic carbocycles. The third-order valence-corrected chi connectivity index (χ3v) is 8.29. The molecule has 3 N–H and O–H groups in total. The molecule has 3 aromatic carbocycles. The first kappa shape index (κ1) is 48.1. The van der Waals surface area contributed by atoms with E-state index in [-0.39, 0.29) is 56.1 Å².